The fraction of sp³-hybridized carbons (Fsp3) is 0.375. The highest BCUT2D eigenvalue weighted by Crippen LogP contribution is 2.24. The van der Waals surface area contributed by atoms with E-state index in [2.05, 4.69) is 49.4 Å². The van der Waals surface area contributed by atoms with Gasteiger partial charge >= 0.3 is 0 Å². The van der Waals surface area contributed by atoms with Crippen LogP contribution in [0, 0.1) is 6.92 Å². The standard InChI is InChI=1S/C16H18BrN3/c1-11-8-19-16(9-18-11)10-20-15-5-3-12-6-14(17)4-2-13(12)7-15/h2,4,6,8-9,15,20H,3,5,7,10H2,1H3. The van der Waals surface area contributed by atoms with E-state index in [4.69, 9.17) is 0 Å². The van der Waals surface area contributed by atoms with E-state index in [1.54, 1.807) is 0 Å². The third kappa shape index (κ3) is 3.25. The Morgan fingerprint density at radius 3 is 2.95 bits per heavy atom. The van der Waals surface area contributed by atoms with Gasteiger partial charge in [-0.2, -0.15) is 0 Å². The molecule has 1 aliphatic carbocycles. The number of rotatable bonds is 3. The minimum Gasteiger partial charge on any atom is -0.308 e. The number of hydrogen-bond acceptors (Lipinski definition) is 3. The van der Waals surface area contributed by atoms with E-state index in [1.807, 2.05) is 19.3 Å². The van der Waals surface area contributed by atoms with Crippen molar-refractivity contribution in [1.82, 2.24) is 15.3 Å². The summed E-state index contributed by atoms with van der Waals surface area (Å²) in [7, 11) is 0. The molecule has 0 spiro atoms. The van der Waals surface area contributed by atoms with Crippen LogP contribution < -0.4 is 5.32 Å². The maximum Gasteiger partial charge on any atom is 0.0724 e. The second-order valence-electron chi connectivity index (χ2n) is 5.38. The van der Waals surface area contributed by atoms with Crippen LogP contribution in [0.2, 0.25) is 0 Å². The minimum atomic E-state index is 0.534. The number of halogens is 1. The number of fused-ring (bicyclic) bond motifs is 1. The Hall–Kier alpha value is -1.26. The molecule has 0 aliphatic heterocycles. The Bertz CT molecular complexity index is 595. The summed E-state index contributed by atoms with van der Waals surface area (Å²) >= 11 is 3.54. The summed E-state index contributed by atoms with van der Waals surface area (Å²) in [6, 6.07) is 7.15. The van der Waals surface area contributed by atoms with Crippen LogP contribution in [0.25, 0.3) is 0 Å². The van der Waals surface area contributed by atoms with Crippen molar-refractivity contribution < 1.29 is 0 Å². The average Bonchev–Trinajstić information content (AvgIpc) is 2.46. The van der Waals surface area contributed by atoms with Crippen molar-refractivity contribution >= 4 is 15.9 Å². The van der Waals surface area contributed by atoms with Crippen molar-refractivity contribution in [1.29, 1.82) is 0 Å². The van der Waals surface area contributed by atoms with Gasteiger partial charge in [-0.15, -0.1) is 0 Å². The maximum atomic E-state index is 4.39. The second kappa shape index (κ2) is 6.02. The molecule has 1 aromatic carbocycles. The molecule has 0 bridgehead atoms. The van der Waals surface area contributed by atoms with Crippen LogP contribution in [-0.2, 0) is 19.4 Å². The van der Waals surface area contributed by atoms with Crippen LogP contribution in [-0.4, -0.2) is 16.0 Å². The minimum absolute atomic E-state index is 0.534. The van der Waals surface area contributed by atoms with Gasteiger partial charge in [0.05, 0.1) is 11.4 Å². The summed E-state index contributed by atoms with van der Waals surface area (Å²) in [6.45, 7) is 2.75. The Morgan fingerprint density at radius 2 is 2.15 bits per heavy atom. The molecule has 104 valence electrons. The number of benzene rings is 1. The van der Waals surface area contributed by atoms with Crippen LogP contribution in [0.1, 0.15) is 28.9 Å². The monoisotopic (exact) mass is 331 g/mol. The van der Waals surface area contributed by atoms with Crippen molar-refractivity contribution in [3.63, 3.8) is 0 Å². The summed E-state index contributed by atoms with van der Waals surface area (Å²) in [5.41, 5.74) is 4.92. The third-order valence-electron chi connectivity index (χ3n) is 3.80. The number of nitrogens with one attached hydrogen (secondary N) is 1. The lowest BCUT2D eigenvalue weighted by molar-refractivity contribution is 0.454. The average molecular weight is 332 g/mol. The Kier molecular flexibility index (Phi) is 4.13. The van der Waals surface area contributed by atoms with Crippen molar-refractivity contribution in [3.05, 3.63) is 57.6 Å². The van der Waals surface area contributed by atoms with Crippen LogP contribution in [0.5, 0.6) is 0 Å². The molecule has 1 aromatic heterocycles. The predicted molar refractivity (Wildman–Crippen MR) is 83.6 cm³/mol. The Morgan fingerprint density at radius 1 is 1.25 bits per heavy atom. The highest BCUT2D eigenvalue weighted by atomic mass is 79.9. The van der Waals surface area contributed by atoms with Gasteiger partial charge in [-0.05, 0) is 49.4 Å². The summed E-state index contributed by atoms with van der Waals surface area (Å²) in [5, 5.41) is 3.60. The van der Waals surface area contributed by atoms with Crippen LogP contribution in [0.4, 0.5) is 0 Å². The number of nitrogens with zero attached hydrogens (tertiary/aromatic N) is 2. The molecule has 3 rings (SSSR count). The Balaban J connectivity index is 1.60. The fourth-order valence-corrected chi connectivity index (χ4v) is 3.07. The first-order valence-corrected chi connectivity index (χ1v) is 7.78. The molecule has 0 amide bonds. The molecular formula is C16H18BrN3. The van der Waals surface area contributed by atoms with Gasteiger partial charge in [-0.25, -0.2) is 0 Å². The summed E-state index contributed by atoms with van der Waals surface area (Å²) in [5.74, 6) is 0. The number of aromatic nitrogens is 2. The van der Waals surface area contributed by atoms with E-state index in [-0.39, 0.29) is 0 Å². The molecule has 0 saturated carbocycles. The largest absolute Gasteiger partial charge is 0.308 e. The predicted octanol–water partition coefficient (Wildman–Crippen LogP) is 3.19. The normalized spacial score (nSPS) is 17.8. The lowest BCUT2D eigenvalue weighted by Crippen LogP contribution is -2.34. The molecule has 2 aromatic rings. The molecule has 3 nitrogen and oxygen atoms in total. The zero-order valence-electron chi connectivity index (χ0n) is 11.6. The molecular weight excluding hydrogens is 314 g/mol. The summed E-state index contributed by atoms with van der Waals surface area (Å²) in [4.78, 5) is 8.67. The van der Waals surface area contributed by atoms with Gasteiger partial charge < -0.3 is 5.32 Å². The first-order chi connectivity index (χ1) is 9.70. The van der Waals surface area contributed by atoms with Gasteiger partial charge in [0.1, 0.15) is 0 Å². The second-order valence-corrected chi connectivity index (χ2v) is 6.30. The lowest BCUT2D eigenvalue weighted by Gasteiger charge is -2.25. The quantitative estimate of drug-likeness (QED) is 0.938. The molecule has 0 fully saturated rings. The van der Waals surface area contributed by atoms with E-state index in [0.29, 0.717) is 6.04 Å². The van der Waals surface area contributed by atoms with E-state index in [9.17, 15) is 0 Å². The summed E-state index contributed by atoms with van der Waals surface area (Å²) in [6.07, 6.45) is 7.11. The van der Waals surface area contributed by atoms with Gasteiger partial charge in [0.25, 0.3) is 0 Å². The van der Waals surface area contributed by atoms with Gasteiger partial charge in [0.15, 0.2) is 0 Å². The van der Waals surface area contributed by atoms with E-state index >= 15 is 0 Å². The van der Waals surface area contributed by atoms with Crippen molar-refractivity contribution in [2.45, 2.75) is 38.8 Å². The molecule has 4 heteroatoms. The van der Waals surface area contributed by atoms with Gasteiger partial charge in [0, 0.05) is 29.5 Å². The molecule has 1 unspecified atom stereocenters. The van der Waals surface area contributed by atoms with Gasteiger partial charge in [-0.1, -0.05) is 22.0 Å². The van der Waals surface area contributed by atoms with Crippen LogP contribution >= 0.6 is 15.9 Å². The smallest absolute Gasteiger partial charge is 0.0724 e. The lowest BCUT2D eigenvalue weighted by atomic mass is 9.88. The highest BCUT2D eigenvalue weighted by molar-refractivity contribution is 9.10. The Labute approximate surface area is 128 Å². The van der Waals surface area contributed by atoms with E-state index < -0.39 is 0 Å². The zero-order valence-corrected chi connectivity index (χ0v) is 13.2. The van der Waals surface area contributed by atoms with Crippen LogP contribution in [0.3, 0.4) is 0 Å². The zero-order chi connectivity index (χ0) is 13.9. The number of hydrogen-bond donors (Lipinski definition) is 1. The molecule has 0 saturated heterocycles. The SMILES string of the molecule is Cc1cnc(CNC2CCc3cc(Br)ccc3C2)cn1. The van der Waals surface area contributed by atoms with E-state index in [0.717, 1.165) is 30.8 Å². The van der Waals surface area contributed by atoms with Gasteiger partial charge in [-0.3, -0.25) is 9.97 Å². The van der Waals surface area contributed by atoms with Crippen LogP contribution in [0.15, 0.2) is 35.1 Å². The maximum absolute atomic E-state index is 4.39. The third-order valence-corrected chi connectivity index (χ3v) is 4.30. The first kappa shape index (κ1) is 13.7. The van der Waals surface area contributed by atoms with Crippen molar-refractivity contribution in [2.75, 3.05) is 0 Å². The van der Waals surface area contributed by atoms with Crippen molar-refractivity contribution in [3.8, 4) is 0 Å². The number of aryl methyl sites for hydroxylation is 2. The van der Waals surface area contributed by atoms with E-state index in [1.165, 1.54) is 22.0 Å². The van der Waals surface area contributed by atoms with Gasteiger partial charge in [0.2, 0.25) is 0 Å². The fourth-order valence-electron chi connectivity index (χ4n) is 2.66. The summed E-state index contributed by atoms with van der Waals surface area (Å²) < 4.78 is 1.18. The molecule has 1 atom stereocenters. The molecule has 1 N–H and O–H groups in total. The molecule has 1 heterocycles. The highest BCUT2D eigenvalue weighted by Gasteiger charge is 2.18. The topological polar surface area (TPSA) is 37.8 Å². The molecule has 0 radical (unpaired) electrons. The van der Waals surface area contributed by atoms with Crippen molar-refractivity contribution in [2.24, 2.45) is 0 Å². The molecule has 20 heavy (non-hydrogen) atoms. The molecule has 1 aliphatic rings. The first-order valence-electron chi connectivity index (χ1n) is 6.99.